The summed E-state index contributed by atoms with van der Waals surface area (Å²) in [5.74, 6) is 0.541. The van der Waals surface area contributed by atoms with Crippen molar-refractivity contribution in [3.8, 4) is 0 Å². The van der Waals surface area contributed by atoms with Crippen molar-refractivity contribution >= 4 is 12.3 Å². The lowest BCUT2D eigenvalue weighted by Crippen LogP contribution is -2.48. The monoisotopic (exact) mass is 264 g/mol. The van der Waals surface area contributed by atoms with Crippen molar-refractivity contribution in [2.24, 2.45) is 23.2 Å². The first-order valence-corrected chi connectivity index (χ1v) is 6.97. The molecule has 0 aromatic rings. The molecule has 104 valence electrons. The highest BCUT2D eigenvalue weighted by Crippen LogP contribution is 2.53. The number of allylic oxidation sites excluding steroid dienone is 1. The zero-order chi connectivity index (χ0) is 13.6. The maximum absolute atomic E-state index is 12.4. The third-order valence-corrected chi connectivity index (χ3v) is 5.17. The Kier molecular flexibility index (Phi) is 3.01. The number of Topliss-reactive ketones (excluding diaryl/α,β-unsaturated/α-hetero) is 1. The van der Waals surface area contributed by atoms with Crippen LogP contribution in [0.4, 0.5) is 0 Å². The molecule has 4 heteroatoms. The van der Waals surface area contributed by atoms with E-state index in [4.69, 9.17) is 9.47 Å². The van der Waals surface area contributed by atoms with E-state index in [0.717, 1.165) is 18.4 Å². The van der Waals surface area contributed by atoms with Gasteiger partial charge in [0.25, 0.3) is 6.47 Å². The van der Waals surface area contributed by atoms with Crippen molar-refractivity contribution in [1.29, 1.82) is 0 Å². The van der Waals surface area contributed by atoms with E-state index >= 15 is 0 Å². The zero-order valence-corrected chi connectivity index (χ0v) is 11.4. The summed E-state index contributed by atoms with van der Waals surface area (Å²) in [6, 6.07) is 0. The van der Waals surface area contributed by atoms with Crippen LogP contribution in [0.15, 0.2) is 11.6 Å². The average Bonchev–Trinajstić information content (AvgIpc) is 2.78. The molecule has 0 spiro atoms. The Morgan fingerprint density at radius 2 is 2.21 bits per heavy atom. The Balaban J connectivity index is 1.96. The molecule has 0 aromatic heterocycles. The Morgan fingerprint density at radius 1 is 1.42 bits per heavy atom. The zero-order valence-electron chi connectivity index (χ0n) is 11.4. The molecule has 3 aliphatic rings. The molecular weight excluding hydrogens is 244 g/mol. The summed E-state index contributed by atoms with van der Waals surface area (Å²) >= 11 is 0. The predicted octanol–water partition coefficient (Wildman–Crippen LogP) is 2.08. The van der Waals surface area contributed by atoms with Crippen LogP contribution in [0.3, 0.4) is 0 Å². The molecule has 1 saturated heterocycles. The van der Waals surface area contributed by atoms with Gasteiger partial charge in [-0.05, 0) is 29.7 Å². The second kappa shape index (κ2) is 4.44. The van der Waals surface area contributed by atoms with Crippen LogP contribution >= 0.6 is 0 Å². The molecule has 4 atom stereocenters. The fourth-order valence-electron chi connectivity index (χ4n) is 4.03. The normalized spacial score (nSPS) is 40.1. The summed E-state index contributed by atoms with van der Waals surface area (Å²) in [7, 11) is 0. The minimum absolute atomic E-state index is 0.0452. The van der Waals surface area contributed by atoms with E-state index in [-0.39, 0.29) is 17.3 Å². The minimum Gasteiger partial charge on any atom is -0.437 e. The number of carbonyl (C=O) groups is 2. The summed E-state index contributed by atoms with van der Waals surface area (Å²) < 4.78 is 10.6. The van der Waals surface area contributed by atoms with E-state index in [1.165, 1.54) is 0 Å². The van der Waals surface area contributed by atoms with Gasteiger partial charge in [0.1, 0.15) is 5.78 Å². The van der Waals surface area contributed by atoms with E-state index in [1.54, 1.807) is 0 Å². The number of ketones is 1. The van der Waals surface area contributed by atoms with Gasteiger partial charge in [-0.2, -0.15) is 0 Å². The van der Waals surface area contributed by atoms with Crippen molar-refractivity contribution in [3.63, 3.8) is 0 Å². The van der Waals surface area contributed by atoms with Crippen LogP contribution in [0, 0.1) is 23.2 Å². The molecule has 2 aliphatic carbocycles. The second-order valence-electron chi connectivity index (χ2n) is 6.54. The standard InChI is InChI=1S/C15H20O4/c1-15(2)6-5-11(17)13-10(15)4-3-9-7-18-14(12(9)13)19-8-16/h3,8,10,12-14H,4-7H2,1-2H3. The van der Waals surface area contributed by atoms with Gasteiger partial charge in [0.2, 0.25) is 6.29 Å². The van der Waals surface area contributed by atoms with E-state index in [1.807, 2.05) is 0 Å². The first kappa shape index (κ1) is 12.9. The summed E-state index contributed by atoms with van der Waals surface area (Å²) in [6.45, 7) is 5.39. The Labute approximate surface area is 113 Å². The summed E-state index contributed by atoms with van der Waals surface area (Å²) in [5.41, 5.74) is 1.30. The van der Waals surface area contributed by atoms with Crippen LogP contribution in [0.1, 0.15) is 33.1 Å². The summed E-state index contributed by atoms with van der Waals surface area (Å²) in [6.07, 6.45) is 4.14. The highest BCUT2D eigenvalue weighted by molar-refractivity contribution is 5.83. The smallest absolute Gasteiger partial charge is 0.295 e. The van der Waals surface area contributed by atoms with Crippen LogP contribution in [-0.4, -0.2) is 25.2 Å². The molecule has 3 rings (SSSR count). The first-order valence-electron chi connectivity index (χ1n) is 6.97. The van der Waals surface area contributed by atoms with Gasteiger partial charge in [-0.1, -0.05) is 19.9 Å². The fourth-order valence-corrected chi connectivity index (χ4v) is 4.03. The van der Waals surface area contributed by atoms with Gasteiger partial charge in [-0.3, -0.25) is 9.59 Å². The molecule has 1 saturated carbocycles. The van der Waals surface area contributed by atoms with Crippen LogP contribution in [-0.2, 0) is 19.1 Å². The number of rotatable bonds is 2. The predicted molar refractivity (Wildman–Crippen MR) is 68.1 cm³/mol. The largest absolute Gasteiger partial charge is 0.437 e. The molecule has 0 bridgehead atoms. The quantitative estimate of drug-likeness (QED) is 0.566. The van der Waals surface area contributed by atoms with Crippen molar-refractivity contribution in [3.05, 3.63) is 11.6 Å². The van der Waals surface area contributed by atoms with E-state index in [2.05, 4.69) is 19.9 Å². The van der Waals surface area contributed by atoms with Crippen molar-refractivity contribution in [2.45, 2.75) is 39.4 Å². The van der Waals surface area contributed by atoms with Crippen molar-refractivity contribution < 1.29 is 19.1 Å². The minimum atomic E-state index is -0.575. The third-order valence-electron chi connectivity index (χ3n) is 5.17. The van der Waals surface area contributed by atoms with Gasteiger partial charge >= 0.3 is 0 Å². The lowest BCUT2D eigenvalue weighted by Gasteiger charge is -2.47. The maximum Gasteiger partial charge on any atom is 0.295 e. The number of fused-ring (bicyclic) bond motifs is 3. The highest BCUT2D eigenvalue weighted by atomic mass is 16.7. The van der Waals surface area contributed by atoms with Crippen LogP contribution in [0.25, 0.3) is 0 Å². The summed E-state index contributed by atoms with van der Waals surface area (Å²) in [4.78, 5) is 23.0. The number of hydrogen-bond donors (Lipinski definition) is 0. The van der Waals surface area contributed by atoms with Gasteiger partial charge in [0.15, 0.2) is 0 Å². The molecule has 2 fully saturated rings. The van der Waals surface area contributed by atoms with Crippen LogP contribution in [0.5, 0.6) is 0 Å². The van der Waals surface area contributed by atoms with Crippen LogP contribution < -0.4 is 0 Å². The third kappa shape index (κ3) is 1.93. The topological polar surface area (TPSA) is 52.6 Å². The molecule has 0 N–H and O–H groups in total. The fraction of sp³-hybridized carbons (Fsp3) is 0.733. The van der Waals surface area contributed by atoms with E-state index < -0.39 is 6.29 Å². The molecule has 1 aliphatic heterocycles. The SMILES string of the molecule is CC1(C)CCC(=O)C2C3C(=CCC21)COC3OC=O. The van der Waals surface area contributed by atoms with Gasteiger partial charge in [-0.25, -0.2) is 0 Å². The lowest BCUT2D eigenvalue weighted by atomic mass is 9.56. The van der Waals surface area contributed by atoms with Crippen LogP contribution in [0.2, 0.25) is 0 Å². The van der Waals surface area contributed by atoms with Gasteiger partial charge in [-0.15, -0.1) is 0 Å². The van der Waals surface area contributed by atoms with Gasteiger partial charge in [0.05, 0.1) is 12.5 Å². The van der Waals surface area contributed by atoms with E-state index in [9.17, 15) is 9.59 Å². The van der Waals surface area contributed by atoms with Crippen molar-refractivity contribution in [2.75, 3.05) is 6.61 Å². The van der Waals surface area contributed by atoms with Gasteiger partial charge < -0.3 is 9.47 Å². The second-order valence-corrected chi connectivity index (χ2v) is 6.54. The number of hydrogen-bond acceptors (Lipinski definition) is 4. The number of carbonyl (C=O) groups excluding carboxylic acids is 2. The Hall–Kier alpha value is -1.16. The lowest BCUT2D eigenvalue weighted by molar-refractivity contribution is -0.169. The molecule has 4 nitrogen and oxygen atoms in total. The highest BCUT2D eigenvalue weighted by Gasteiger charge is 2.53. The molecule has 19 heavy (non-hydrogen) atoms. The number of ether oxygens (including phenoxy) is 2. The van der Waals surface area contributed by atoms with Crippen molar-refractivity contribution in [1.82, 2.24) is 0 Å². The Morgan fingerprint density at radius 3 is 2.95 bits per heavy atom. The maximum atomic E-state index is 12.4. The Bertz CT molecular complexity index is 437. The van der Waals surface area contributed by atoms with Gasteiger partial charge in [0, 0.05) is 12.3 Å². The molecule has 0 radical (unpaired) electrons. The average molecular weight is 264 g/mol. The summed E-state index contributed by atoms with van der Waals surface area (Å²) in [5, 5.41) is 0. The molecule has 0 amide bonds. The molecule has 1 heterocycles. The first-order chi connectivity index (χ1) is 9.04. The molecule has 0 aromatic carbocycles. The molecular formula is C15H20O4. The van der Waals surface area contributed by atoms with E-state index in [0.29, 0.717) is 31.2 Å². The molecule has 4 unspecified atom stereocenters.